The van der Waals surface area contributed by atoms with Crippen LogP contribution in [0.5, 0.6) is 0 Å². The second-order valence-corrected chi connectivity index (χ2v) is 6.56. The van der Waals surface area contributed by atoms with E-state index in [2.05, 4.69) is 10.3 Å². The van der Waals surface area contributed by atoms with Crippen molar-refractivity contribution in [2.24, 2.45) is 5.73 Å². The molecule has 4 N–H and O–H groups in total. The molecule has 0 aliphatic heterocycles. The minimum atomic E-state index is -0.108. The molecule has 3 rings (SSSR count). The molecule has 2 aromatic carbocycles. The fourth-order valence-corrected chi connectivity index (χ4v) is 3.18. The van der Waals surface area contributed by atoms with Gasteiger partial charge in [-0.25, -0.2) is 4.98 Å². The van der Waals surface area contributed by atoms with Crippen molar-refractivity contribution in [1.82, 2.24) is 14.9 Å². The normalized spacial score (nSPS) is 11.0. The summed E-state index contributed by atoms with van der Waals surface area (Å²) in [5.41, 5.74) is 8.79. The van der Waals surface area contributed by atoms with Crippen molar-refractivity contribution in [1.29, 1.82) is 5.41 Å². The molecule has 0 fully saturated rings. The van der Waals surface area contributed by atoms with Gasteiger partial charge in [-0.3, -0.25) is 10.2 Å². The molecule has 140 valence electrons. The molecule has 0 unspecified atom stereocenters. The highest BCUT2D eigenvalue weighted by molar-refractivity contribution is 5.96. The Morgan fingerprint density at radius 2 is 1.96 bits per heavy atom. The first-order valence-electron chi connectivity index (χ1n) is 9.21. The van der Waals surface area contributed by atoms with E-state index in [1.807, 2.05) is 41.9 Å². The monoisotopic (exact) mass is 363 g/mol. The Hall–Kier alpha value is -2.99. The van der Waals surface area contributed by atoms with Crippen molar-refractivity contribution in [2.45, 2.75) is 25.8 Å². The van der Waals surface area contributed by atoms with Crippen LogP contribution in [-0.4, -0.2) is 29.0 Å². The van der Waals surface area contributed by atoms with Crippen LogP contribution >= 0.6 is 0 Å². The quantitative estimate of drug-likeness (QED) is 0.326. The molecule has 0 atom stereocenters. The first kappa shape index (κ1) is 18.8. The van der Waals surface area contributed by atoms with Gasteiger partial charge in [0.2, 0.25) is 0 Å². The average molecular weight is 363 g/mol. The number of aryl methyl sites for hydroxylation is 1. The second kappa shape index (κ2) is 8.60. The molecule has 6 nitrogen and oxygen atoms in total. The Labute approximate surface area is 158 Å². The molecule has 3 aromatic rings. The number of amidine groups is 1. The Bertz CT molecular complexity index is 1010. The number of hydrogen-bond acceptors (Lipinski definition) is 4. The van der Waals surface area contributed by atoms with Gasteiger partial charge in [0.1, 0.15) is 11.5 Å². The SMILES string of the molecule is CNCCCCCn1c(=O)c(-c2cccc(C(=N)N)c2)nc2ccccc21. The van der Waals surface area contributed by atoms with Crippen molar-refractivity contribution >= 4 is 16.9 Å². The number of para-hydroxylation sites is 2. The fraction of sp³-hybridized carbons (Fsp3) is 0.286. The van der Waals surface area contributed by atoms with Gasteiger partial charge in [0, 0.05) is 17.7 Å². The first-order chi connectivity index (χ1) is 13.1. The molecule has 0 amide bonds. The van der Waals surface area contributed by atoms with Crippen molar-refractivity contribution < 1.29 is 0 Å². The molecule has 0 radical (unpaired) electrons. The molecule has 0 spiro atoms. The lowest BCUT2D eigenvalue weighted by molar-refractivity contribution is 0.575. The molecule has 27 heavy (non-hydrogen) atoms. The summed E-state index contributed by atoms with van der Waals surface area (Å²) in [7, 11) is 1.95. The lowest BCUT2D eigenvalue weighted by Crippen LogP contribution is -2.24. The van der Waals surface area contributed by atoms with Crippen molar-refractivity contribution in [3.8, 4) is 11.3 Å². The van der Waals surface area contributed by atoms with Crippen LogP contribution < -0.4 is 16.6 Å². The molecule has 0 aliphatic carbocycles. The van der Waals surface area contributed by atoms with Gasteiger partial charge in [-0.15, -0.1) is 0 Å². The predicted octanol–water partition coefficient (Wildman–Crippen LogP) is 2.74. The van der Waals surface area contributed by atoms with Gasteiger partial charge in [0.25, 0.3) is 5.56 Å². The maximum absolute atomic E-state index is 13.2. The predicted molar refractivity (Wildman–Crippen MR) is 110 cm³/mol. The van der Waals surface area contributed by atoms with Gasteiger partial charge < -0.3 is 15.6 Å². The summed E-state index contributed by atoms with van der Waals surface area (Å²) in [6.45, 7) is 1.64. The van der Waals surface area contributed by atoms with Crippen LogP contribution in [0.4, 0.5) is 0 Å². The Balaban J connectivity index is 2.04. The third kappa shape index (κ3) is 4.23. The van der Waals surface area contributed by atoms with Crippen molar-refractivity contribution in [3.05, 3.63) is 64.4 Å². The zero-order valence-electron chi connectivity index (χ0n) is 15.5. The van der Waals surface area contributed by atoms with Gasteiger partial charge in [0.15, 0.2) is 0 Å². The summed E-state index contributed by atoms with van der Waals surface area (Å²) >= 11 is 0. The average Bonchev–Trinajstić information content (AvgIpc) is 2.69. The highest BCUT2D eigenvalue weighted by Gasteiger charge is 2.13. The first-order valence-corrected chi connectivity index (χ1v) is 9.21. The van der Waals surface area contributed by atoms with Gasteiger partial charge in [-0.1, -0.05) is 36.8 Å². The standard InChI is InChI=1S/C21H25N5O/c1-24-12-5-2-6-13-26-18-11-4-3-10-17(18)25-19(21(26)27)15-8-7-9-16(14-15)20(22)23/h3-4,7-11,14,24H,2,5-6,12-13H2,1H3,(H3,22,23). The molecule has 0 aliphatic rings. The summed E-state index contributed by atoms with van der Waals surface area (Å²) in [6.07, 6.45) is 3.07. The number of benzene rings is 2. The maximum atomic E-state index is 13.2. The summed E-state index contributed by atoms with van der Waals surface area (Å²) in [5.74, 6) is -0.0255. The molecule has 0 saturated heterocycles. The van der Waals surface area contributed by atoms with Crippen LogP contribution in [0.2, 0.25) is 0 Å². The fourth-order valence-electron chi connectivity index (χ4n) is 3.18. The van der Waals surface area contributed by atoms with E-state index >= 15 is 0 Å². The Morgan fingerprint density at radius 1 is 1.15 bits per heavy atom. The lowest BCUT2D eigenvalue weighted by atomic mass is 10.1. The van der Waals surface area contributed by atoms with Gasteiger partial charge in [-0.2, -0.15) is 0 Å². The molecular weight excluding hydrogens is 338 g/mol. The molecule has 0 saturated carbocycles. The van der Waals surface area contributed by atoms with Crippen LogP contribution in [0.15, 0.2) is 53.3 Å². The van der Waals surface area contributed by atoms with E-state index in [4.69, 9.17) is 11.1 Å². The number of nitrogens with zero attached hydrogens (tertiary/aromatic N) is 2. The summed E-state index contributed by atoms with van der Waals surface area (Å²) in [5, 5.41) is 10.8. The lowest BCUT2D eigenvalue weighted by Gasteiger charge is -2.13. The van der Waals surface area contributed by atoms with Crippen molar-refractivity contribution in [3.63, 3.8) is 0 Å². The molecule has 0 bridgehead atoms. The number of nitrogen functional groups attached to an aromatic ring is 1. The van der Waals surface area contributed by atoms with E-state index in [1.165, 1.54) is 0 Å². The van der Waals surface area contributed by atoms with Gasteiger partial charge in [0.05, 0.1) is 11.0 Å². The zero-order valence-corrected chi connectivity index (χ0v) is 15.5. The summed E-state index contributed by atoms with van der Waals surface area (Å²) < 4.78 is 1.82. The smallest absolute Gasteiger partial charge is 0.277 e. The Kier molecular flexibility index (Phi) is 5.98. The summed E-state index contributed by atoms with van der Waals surface area (Å²) in [4.78, 5) is 17.8. The summed E-state index contributed by atoms with van der Waals surface area (Å²) in [6, 6.07) is 14.8. The second-order valence-electron chi connectivity index (χ2n) is 6.56. The van der Waals surface area contributed by atoms with Crippen LogP contribution in [0.1, 0.15) is 24.8 Å². The molecule has 1 heterocycles. The van der Waals surface area contributed by atoms with E-state index in [-0.39, 0.29) is 11.4 Å². The minimum Gasteiger partial charge on any atom is -0.384 e. The number of fused-ring (bicyclic) bond motifs is 1. The van der Waals surface area contributed by atoms with Crippen LogP contribution in [0.25, 0.3) is 22.3 Å². The number of rotatable bonds is 8. The minimum absolute atomic E-state index is 0.0255. The number of aromatic nitrogens is 2. The van der Waals surface area contributed by atoms with E-state index in [1.54, 1.807) is 18.2 Å². The highest BCUT2D eigenvalue weighted by atomic mass is 16.1. The molecular formula is C21H25N5O. The van der Waals surface area contributed by atoms with Gasteiger partial charge in [-0.05, 0) is 44.6 Å². The largest absolute Gasteiger partial charge is 0.384 e. The van der Waals surface area contributed by atoms with Crippen LogP contribution in [0.3, 0.4) is 0 Å². The highest BCUT2D eigenvalue weighted by Crippen LogP contribution is 2.19. The zero-order chi connectivity index (χ0) is 19.2. The third-order valence-corrected chi connectivity index (χ3v) is 4.61. The molecule has 1 aromatic heterocycles. The Morgan fingerprint density at radius 3 is 2.74 bits per heavy atom. The number of unbranched alkanes of at least 4 members (excludes halogenated alkanes) is 2. The number of nitrogens with two attached hydrogens (primary N) is 1. The van der Waals surface area contributed by atoms with E-state index in [9.17, 15) is 4.79 Å². The van der Waals surface area contributed by atoms with Crippen LogP contribution in [0, 0.1) is 5.41 Å². The van der Waals surface area contributed by atoms with E-state index in [0.29, 0.717) is 23.4 Å². The molecule has 6 heteroatoms. The maximum Gasteiger partial charge on any atom is 0.277 e. The van der Waals surface area contributed by atoms with E-state index in [0.717, 1.165) is 36.8 Å². The topological polar surface area (TPSA) is 96.8 Å². The van der Waals surface area contributed by atoms with Gasteiger partial charge >= 0.3 is 0 Å². The van der Waals surface area contributed by atoms with Crippen LogP contribution in [-0.2, 0) is 6.54 Å². The number of hydrogen-bond donors (Lipinski definition) is 3. The van der Waals surface area contributed by atoms with Crippen molar-refractivity contribution in [2.75, 3.05) is 13.6 Å². The number of nitrogens with one attached hydrogen (secondary N) is 2. The van der Waals surface area contributed by atoms with E-state index < -0.39 is 0 Å². The third-order valence-electron chi connectivity index (χ3n) is 4.61.